The van der Waals surface area contributed by atoms with Crippen molar-refractivity contribution in [2.75, 3.05) is 10.6 Å². The maximum absolute atomic E-state index is 12.6. The lowest BCUT2D eigenvalue weighted by Crippen LogP contribution is -2.17. The van der Waals surface area contributed by atoms with E-state index in [0.717, 1.165) is 41.9 Å². The summed E-state index contributed by atoms with van der Waals surface area (Å²) in [6.07, 6.45) is 3.19. The van der Waals surface area contributed by atoms with Crippen LogP contribution < -0.4 is 10.6 Å². The number of para-hydroxylation sites is 1. The number of amides is 1. The van der Waals surface area contributed by atoms with Crippen molar-refractivity contribution in [2.45, 2.75) is 46.1 Å². The van der Waals surface area contributed by atoms with Gasteiger partial charge in [0.05, 0.1) is 0 Å². The smallest absolute Gasteiger partial charge is 0.274 e. The summed E-state index contributed by atoms with van der Waals surface area (Å²) in [6.45, 7) is 5.89. The monoisotopic (exact) mass is 310 g/mol. The number of aromatic nitrogens is 2. The topological polar surface area (TPSA) is 66.9 Å². The van der Waals surface area contributed by atoms with Crippen molar-refractivity contribution in [1.82, 2.24) is 9.97 Å². The molecule has 0 radical (unpaired) electrons. The zero-order valence-corrected chi connectivity index (χ0v) is 13.8. The first-order chi connectivity index (χ1) is 11.1. The molecule has 1 aliphatic carbocycles. The second-order valence-electron chi connectivity index (χ2n) is 6.02. The summed E-state index contributed by atoms with van der Waals surface area (Å²) in [5.41, 5.74) is 3.46. The van der Waals surface area contributed by atoms with Crippen molar-refractivity contribution in [2.24, 2.45) is 0 Å². The van der Waals surface area contributed by atoms with Crippen molar-refractivity contribution in [3.05, 3.63) is 46.9 Å². The van der Waals surface area contributed by atoms with Crippen LogP contribution in [0, 0.1) is 13.8 Å². The zero-order valence-electron chi connectivity index (χ0n) is 13.8. The molecule has 120 valence electrons. The summed E-state index contributed by atoms with van der Waals surface area (Å²) < 4.78 is 0. The van der Waals surface area contributed by atoms with Gasteiger partial charge in [-0.3, -0.25) is 4.79 Å². The minimum atomic E-state index is -0.196. The minimum absolute atomic E-state index is 0.196. The maximum atomic E-state index is 12.6. The molecule has 2 N–H and O–H groups in total. The number of nitrogens with one attached hydrogen (secondary N) is 2. The van der Waals surface area contributed by atoms with Crippen LogP contribution in [0.1, 0.15) is 47.2 Å². The third-order valence-electron chi connectivity index (χ3n) is 3.98. The largest absolute Gasteiger partial charge is 0.367 e. The van der Waals surface area contributed by atoms with Crippen LogP contribution in [0.5, 0.6) is 0 Å². The van der Waals surface area contributed by atoms with Gasteiger partial charge in [-0.2, -0.15) is 0 Å². The fraction of sp³-hybridized carbons (Fsp3) is 0.389. The first kappa shape index (κ1) is 15.5. The number of rotatable bonds is 5. The molecule has 1 saturated carbocycles. The highest BCUT2D eigenvalue weighted by atomic mass is 16.1. The van der Waals surface area contributed by atoms with Gasteiger partial charge in [0, 0.05) is 17.8 Å². The summed E-state index contributed by atoms with van der Waals surface area (Å²) in [5.74, 6) is 1.13. The third kappa shape index (κ3) is 3.67. The molecular weight excluding hydrogens is 288 g/mol. The molecule has 5 nitrogen and oxygen atoms in total. The average Bonchev–Trinajstić information content (AvgIpc) is 3.32. The van der Waals surface area contributed by atoms with E-state index in [0.29, 0.717) is 17.6 Å². The van der Waals surface area contributed by atoms with E-state index in [-0.39, 0.29) is 5.91 Å². The van der Waals surface area contributed by atoms with E-state index in [9.17, 15) is 4.79 Å². The Kier molecular flexibility index (Phi) is 4.28. The van der Waals surface area contributed by atoms with Crippen molar-refractivity contribution >= 4 is 17.4 Å². The number of carbonyl (C=O) groups is 1. The van der Waals surface area contributed by atoms with Gasteiger partial charge in [-0.1, -0.05) is 25.1 Å². The van der Waals surface area contributed by atoms with Crippen LogP contribution in [0.4, 0.5) is 11.5 Å². The van der Waals surface area contributed by atoms with Gasteiger partial charge in [0.2, 0.25) is 0 Å². The number of nitrogens with zero attached hydrogens (tertiary/aromatic N) is 2. The Morgan fingerprint density at radius 3 is 2.74 bits per heavy atom. The summed E-state index contributed by atoms with van der Waals surface area (Å²) in [5, 5.41) is 6.33. The molecule has 0 unspecified atom stereocenters. The van der Waals surface area contributed by atoms with Gasteiger partial charge in [-0.05, 0) is 44.2 Å². The Labute approximate surface area is 136 Å². The standard InChI is InChI=1S/C18H22N4O/c1-4-13-7-5-6-11(2)17(13)22-18(23)15-10-16(20-12(3)19-15)21-14-8-9-14/h5-7,10,14H,4,8-9H2,1-3H3,(H,22,23)(H,19,20,21). The Bertz CT molecular complexity index is 738. The molecule has 23 heavy (non-hydrogen) atoms. The number of hydrogen-bond donors (Lipinski definition) is 2. The Balaban J connectivity index is 1.84. The molecule has 0 spiro atoms. The average molecular weight is 310 g/mol. The Morgan fingerprint density at radius 1 is 1.26 bits per heavy atom. The van der Waals surface area contributed by atoms with E-state index in [1.165, 1.54) is 0 Å². The molecule has 2 aromatic rings. The third-order valence-corrected chi connectivity index (χ3v) is 3.98. The Hall–Kier alpha value is -2.43. The Morgan fingerprint density at radius 2 is 2.04 bits per heavy atom. The molecule has 0 bridgehead atoms. The fourth-order valence-electron chi connectivity index (χ4n) is 2.57. The number of anilines is 2. The van der Waals surface area contributed by atoms with Crippen LogP contribution in [-0.2, 0) is 6.42 Å². The zero-order chi connectivity index (χ0) is 16.4. The molecule has 1 aliphatic rings. The highest BCUT2D eigenvalue weighted by Gasteiger charge is 2.22. The molecule has 0 aliphatic heterocycles. The van der Waals surface area contributed by atoms with Crippen LogP contribution in [0.15, 0.2) is 24.3 Å². The molecule has 0 saturated heterocycles. The van der Waals surface area contributed by atoms with E-state index in [1.807, 2.05) is 25.1 Å². The van der Waals surface area contributed by atoms with Crippen molar-refractivity contribution < 1.29 is 4.79 Å². The highest BCUT2D eigenvalue weighted by Crippen LogP contribution is 2.25. The van der Waals surface area contributed by atoms with Crippen molar-refractivity contribution in [3.63, 3.8) is 0 Å². The number of aryl methyl sites for hydroxylation is 3. The van der Waals surface area contributed by atoms with Gasteiger partial charge in [0.15, 0.2) is 0 Å². The first-order valence-electron chi connectivity index (χ1n) is 8.09. The summed E-state index contributed by atoms with van der Waals surface area (Å²) in [4.78, 5) is 21.2. The second kappa shape index (κ2) is 6.36. The van der Waals surface area contributed by atoms with Gasteiger partial charge in [0.25, 0.3) is 5.91 Å². The lowest BCUT2D eigenvalue weighted by Gasteiger charge is -2.13. The molecule has 0 atom stereocenters. The molecule has 5 heteroatoms. The highest BCUT2D eigenvalue weighted by molar-refractivity contribution is 6.04. The van der Waals surface area contributed by atoms with Crippen LogP contribution >= 0.6 is 0 Å². The van der Waals surface area contributed by atoms with E-state index in [4.69, 9.17) is 0 Å². The lowest BCUT2D eigenvalue weighted by atomic mass is 10.1. The van der Waals surface area contributed by atoms with Crippen LogP contribution in [0.3, 0.4) is 0 Å². The van der Waals surface area contributed by atoms with Gasteiger partial charge in [0.1, 0.15) is 17.3 Å². The lowest BCUT2D eigenvalue weighted by molar-refractivity contribution is 0.102. The van der Waals surface area contributed by atoms with E-state index in [2.05, 4.69) is 27.5 Å². The summed E-state index contributed by atoms with van der Waals surface area (Å²) in [6, 6.07) is 8.26. The van der Waals surface area contributed by atoms with Gasteiger partial charge < -0.3 is 10.6 Å². The predicted octanol–water partition coefficient (Wildman–Crippen LogP) is 3.48. The molecule has 3 rings (SSSR count). The molecule has 1 heterocycles. The SMILES string of the molecule is CCc1cccc(C)c1NC(=O)c1cc(NC2CC2)nc(C)n1. The number of carbonyl (C=O) groups excluding carboxylic acids is 1. The van der Waals surface area contributed by atoms with Crippen molar-refractivity contribution in [1.29, 1.82) is 0 Å². The van der Waals surface area contributed by atoms with Gasteiger partial charge >= 0.3 is 0 Å². The molecular formula is C18H22N4O. The van der Waals surface area contributed by atoms with Gasteiger partial charge in [-0.25, -0.2) is 9.97 Å². The van der Waals surface area contributed by atoms with E-state index in [1.54, 1.807) is 13.0 Å². The molecule has 1 amide bonds. The van der Waals surface area contributed by atoms with Crippen LogP contribution in [-0.4, -0.2) is 21.9 Å². The fourth-order valence-corrected chi connectivity index (χ4v) is 2.57. The van der Waals surface area contributed by atoms with E-state index < -0.39 is 0 Å². The minimum Gasteiger partial charge on any atom is -0.367 e. The summed E-state index contributed by atoms with van der Waals surface area (Å²) >= 11 is 0. The normalized spacial score (nSPS) is 13.7. The molecule has 1 aromatic carbocycles. The van der Waals surface area contributed by atoms with Crippen LogP contribution in [0.2, 0.25) is 0 Å². The predicted molar refractivity (Wildman–Crippen MR) is 91.9 cm³/mol. The first-order valence-corrected chi connectivity index (χ1v) is 8.09. The molecule has 1 fully saturated rings. The number of hydrogen-bond acceptors (Lipinski definition) is 4. The van der Waals surface area contributed by atoms with Crippen LogP contribution in [0.25, 0.3) is 0 Å². The molecule has 1 aromatic heterocycles. The maximum Gasteiger partial charge on any atom is 0.274 e. The van der Waals surface area contributed by atoms with E-state index >= 15 is 0 Å². The number of benzene rings is 1. The summed E-state index contributed by atoms with van der Waals surface area (Å²) in [7, 11) is 0. The second-order valence-corrected chi connectivity index (χ2v) is 6.02. The van der Waals surface area contributed by atoms with Gasteiger partial charge in [-0.15, -0.1) is 0 Å². The van der Waals surface area contributed by atoms with Crippen molar-refractivity contribution in [3.8, 4) is 0 Å². The quantitative estimate of drug-likeness (QED) is 0.887.